The van der Waals surface area contributed by atoms with Crippen LogP contribution in [-0.4, -0.2) is 11.4 Å². The fraction of sp³-hybridized carbons (Fsp3) is 0.625. The third-order valence-electron chi connectivity index (χ3n) is 3.33. The Morgan fingerprint density at radius 3 is 2.44 bits per heavy atom. The van der Waals surface area contributed by atoms with Gasteiger partial charge in [-0.3, -0.25) is 0 Å². The number of aliphatic hydroxyl groups is 1. The predicted molar refractivity (Wildman–Crippen MR) is 81.2 cm³/mol. The van der Waals surface area contributed by atoms with Crippen molar-refractivity contribution in [3.05, 3.63) is 29.8 Å². The van der Waals surface area contributed by atoms with Gasteiger partial charge in [0.25, 0.3) is 0 Å². The van der Waals surface area contributed by atoms with Gasteiger partial charge in [0.1, 0.15) is 0 Å². The number of hydrogen-bond acceptors (Lipinski definition) is 2. The summed E-state index contributed by atoms with van der Waals surface area (Å²) in [6.45, 7) is 2.24. The van der Waals surface area contributed by atoms with Gasteiger partial charge in [0.2, 0.25) is 0 Å². The molecule has 0 aliphatic rings. The standard InChI is InChI=1S/C16H26OS/c1-3-4-5-6-7-8-12-15(17)14-11-9-10-13-16(14)18-2/h9-11,13,15,17H,3-8,12H2,1-2H3. The number of rotatable bonds is 9. The van der Waals surface area contributed by atoms with Crippen molar-refractivity contribution in [2.75, 3.05) is 6.26 Å². The first-order valence-electron chi connectivity index (χ1n) is 7.10. The van der Waals surface area contributed by atoms with Crippen molar-refractivity contribution in [2.24, 2.45) is 0 Å². The highest BCUT2D eigenvalue weighted by Gasteiger charge is 2.10. The zero-order chi connectivity index (χ0) is 13.2. The third-order valence-corrected chi connectivity index (χ3v) is 4.14. The Hall–Kier alpha value is -0.470. The van der Waals surface area contributed by atoms with Gasteiger partial charge in [0, 0.05) is 4.90 Å². The van der Waals surface area contributed by atoms with Crippen molar-refractivity contribution < 1.29 is 5.11 Å². The molecule has 0 saturated carbocycles. The van der Waals surface area contributed by atoms with Crippen LogP contribution in [-0.2, 0) is 0 Å². The topological polar surface area (TPSA) is 20.2 Å². The number of thioether (sulfide) groups is 1. The van der Waals surface area contributed by atoms with E-state index in [0.29, 0.717) is 0 Å². The molecule has 18 heavy (non-hydrogen) atoms. The summed E-state index contributed by atoms with van der Waals surface area (Å²) in [6, 6.07) is 8.18. The van der Waals surface area contributed by atoms with Crippen LogP contribution >= 0.6 is 11.8 Å². The Morgan fingerprint density at radius 1 is 1.06 bits per heavy atom. The largest absolute Gasteiger partial charge is 0.388 e. The van der Waals surface area contributed by atoms with Crippen molar-refractivity contribution in [1.29, 1.82) is 0 Å². The molecule has 1 rings (SSSR count). The lowest BCUT2D eigenvalue weighted by atomic mass is 10.0. The van der Waals surface area contributed by atoms with Crippen LogP contribution in [0.5, 0.6) is 0 Å². The van der Waals surface area contributed by atoms with E-state index in [1.165, 1.54) is 37.0 Å². The van der Waals surface area contributed by atoms with Gasteiger partial charge in [-0.15, -0.1) is 11.8 Å². The Kier molecular flexibility index (Phi) is 8.19. The summed E-state index contributed by atoms with van der Waals surface area (Å²) >= 11 is 1.71. The van der Waals surface area contributed by atoms with Crippen molar-refractivity contribution in [2.45, 2.75) is 62.9 Å². The molecule has 102 valence electrons. The van der Waals surface area contributed by atoms with Gasteiger partial charge in [0.05, 0.1) is 6.10 Å². The summed E-state index contributed by atoms with van der Waals surface area (Å²) in [7, 11) is 0. The molecule has 0 aromatic heterocycles. The van der Waals surface area contributed by atoms with Gasteiger partial charge in [-0.2, -0.15) is 0 Å². The van der Waals surface area contributed by atoms with Gasteiger partial charge in [-0.1, -0.05) is 63.6 Å². The second-order valence-electron chi connectivity index (χ2n) is 4.81. The maximum absolute atomic E-state index is 10.2. The summed E-state index contributed by atoms with van der Waals surface area (Å²) in [4.78, 5) is 1.20. The lowest BCUT2D eigenvalue weighted by molar-refractivity contribution is 0.160. The highest BCUT2D eigenvalue weighted by Crippen LogP contribution is 2.28. The average molecular weight is 266 g/mol. The summed E-state index contributed by atoms with van der Waals surface area (Å²) in [6.07, 6.45) is 10.3. The Bertz CT molecular complexity index is 325. The highest BCUT2D eigenvalue weighted by atomic mass is 32.2. The van der Waals surface area contributed by atoms with Crippen molar-refractivity contribution in [1.82, 2.24) is 0 Å². The summed E-state index contributed by atoms with van der Waals surface area (Å²) < 4.78 is 0. The molecule has 1 aromatic carbocycles. The van der Waals surface area contributed by atoms with E-state index >= 15 is 0 Å². The Morgan fingerprint density at radius 2 is 1.72 bits per heavy atom. The Labute approximate surface area is 116 Å². The van der Waals surface area contributed by atoms with Crippen LogP contribution in [0.2, 0.25) is 0 Å². The third kappa shape index (κ3) is 5.45. The number of benzene rings is 1. The van der Waals surface area contributed by atoms with E-state index in [0.717, 1.165) is 18.4 Å². The minimum absolute atomic E-state index is 0.292. The smallest absolute Gasteiger partial charge is 0.0800 e. The molecule has 0 amide bonds. The molecule has 1 atom stereocenters. The zero-order valence-electron chi connectivity index (χ0n) is 11.7. The monoisotopic (exact) mass is 266 g/mol. The molecule has 0 bridgehead atoms. The van der Waals surface area contributed by atoms with Crippen LogP contribution in [0.3, 0.4) is 0 Å². The molecule has 1 aromatic rings. The minimum Gasteiger partial charge on any atom is -0.388 e. The molecule has 1 unspecified atom stereocenters. The molecule has 0 fully saturated rings. The second-order valence-corrected chi connectivity index (χ2v) is 5.66. The average Bonchev–Trinajstić information content (AvgIpc) is 2.42. The maximum atomic E-state index is 10.2. The van der Waals surface area contributed by atoms with E-state index in [9.17, 15) is 5.11 Å². The van der Waals surface area contributed by atoms with Crippen LogP contribution in [0.15, 0.2) is 29.2 Å². The summed E-state index contributed by atoms with van der Waals surface area (Å²) in [5.74, 6) is 0. The molecule has 0 heterocycles. The first-order valence-corrected chi connectivity index (χ1v) is 8.33. The summed E-state index contributed by atoms with van der Waals surface area (Å²) in [5.41, 5.74) is 1.10. The van der Waals surface area contributed by atoms with Gasteiger partial charge >= 0.3 is 0 Å². The molecule has 1 N–H and O–H groups in total. The Balaban J connectivity index is 2.29. The predicted octanol–water partition coefficient (Wildman–Crippen LogP) is 5.19. The van der Waals surface area contributed by atoms with E-state index < -0.39 is 0 Å². The lowest BCUT2D eigenvalue weighted by Gasteiger charge is -2.14. The minimum atomic E-state index is -0.292. The van der Waals surface area contributed by atoms with Crippen LogP contribution in [0, 0.1) is 0 Å². The van der Waals surface area contributed by atoms with Crippen molar-refractivity contribution >= 4 is 11.8 Å². The first-order chi connectivity index (χ1) is 8.79. The quantitative estimate of drug-likeness (QED) is 0.490. The van der Waals surface area contributed by atoms with E-state index in [1.54, 1.807) is 11.8 Å². The normalized spacial score (nSPS) is 12.6. The van der Waals surface area contributed by atoms with E-state index in [-0.39, 0.29) is 6.10 Å². The van der Waals surface area contributed by atoms with Crippen molar-refractivity contribution in [3.63, 3.8) is 0 Å². The second kappa shape index (κ2) is 9.46. The molecule has 2 heteroatoms. The van der Waals surface area contributed by atoms with Crippen LogP contribution in [0.1, 0.15) is 63.5 Å². The van der Waals surface area contributed by atoms with Crippen LogP contribution < -0.4 is 0 Å². The SMILES string of the molecule is CCCCCCCCC(O)c1ccccc1SC. The van der Waals surface area contributed by atoms with Crippen molar-refractivity contribution in [3.8, 4) is 0 Å². The van der Waals surface area contributed by atoms with Crippen LogP contribution in [0.25, 0.3) is 0 Å². The zero-order valence-corrected chi connectivity index (χ0v) is 12.5. The van der Waals surface area contributed by atoms with Gasteiger partial charge < -0.3 is 5.11 Å². The van der Waals surface area contributed by atoms with Gasteiger partial charge in [0.15, 0.2) is 0 Å². The van der Waals surface area contributed by atoms with Gasteiger partial charge in [-0.25, -0.2) is 0 Å². The van der Waals surface area contributed by atoms with Crippen LogP contribution in [0.4, 0.5) is 0 Å². The molecule has 0 saturated heterocycles. The number of aliphatic hydroxyl groups excluding tert-OH is 1. The maximum Gasteiger partial charge on any atom is 0.0800 e. The fourth-order valence-corrected chi connectivity index (χ4v) is 2.87. The number of unbranched alkanes of at least 4 members (excludes halogenated alkanes) is 5. The molecular weight excluding hydrogens is 240 g/mol. The molecule has 0 aliphatic heterocycles. The number of hydrogen-bond donors (Lipinski definition) is 1. The van der Waals surface area contributed by atoms with E-state index in [2.05, 4.69) is 19.2 Å². The molecule has 0 radical (unpaired) electrons. The molecule has 0 aliphatic carbocycles. The summed E-state index contributed by atoms with van der Waals surface area (Å²) in [5, 5.41) is 10.2. The lowest BCUT2D eigenvalue weighted by Crippen LogP contribution is -1.99. The van der Waals surface area contributed by atoms with E-state index in [1.807, 2.05) is 18.2 Å². The highest BCUT2D eigenvalue weighted by molar-refractivity contribution is 7.98. The van der Waals surface area contributed by atoms with E-state index in [4.69, 9.17) is 0 Å². The molecule has 1 nitrogen and oxygen atoms in total. The fourth-order valence-electron chi connectivity index (χ4n) is 2.22. The van der Waals surface area contributed by atoms with Gasteiger partial charge in [-0.05, 0) is 24.3 Å². The first kappa shape index (κ1) is 15.6. The molecule has 0 spiro atoms. The molecular formula is C16H26OS.